The van der Waals surface area contributed by atoms with Crippen molar-refractivity contribution in [1.29, 1.82) is 0 Å². The van der Waals surface area contributed by atoms with Crippen LogP contribution in [-0.2, 0) is 11.2 Å². The number of primary amides is 1. The van der Waals surface area contributed by atoms with Crippen LogP contribution in [-0.4, -0.2) is 55.0 Å². The molecule has 0 spiro atoms. The number of guanidine groups is 1. The van der Waals surface area contributed by atoms with E-state index in [-0.39, 0.29) is 41.2 Å². The molecule has 0 aliphatic carbocycles. The minimum Gasteiger partial charge on any atom is -0.369 e. The van der Waals surface area contributed by atoms with Crippen molar-refractivity contribution < 1.29 is 9.18 Å². The van der Waals surface area contributed by atoms with Crippen molar-refractivity contribution in [3.8, 4) is 0 Å². The SMILES string of the molecule is CCNC(=NCC(C)(C)N1CCCCC1)NCC(Cc1ccc(F)cc1)C(N)=O.I. The van der Waals surface area contributed by atoms with Crippen LogP contribution in [0.15, 0.2) is 29.3 Å². The molecule has 1 unspecified atom stereocenters. The smallest absolute Gasteiger partial charge is 0.222 e. The summed E-state index contributed by atoms with van der Waals surface area (Å²) in [6.45, 7) is 10.5. The Kier molecular flexibility index (Phi) is 11.6. The van der Waals surface area contributed by atoms with Gasteiger partial charge < -0.3 is 16.4 Å². The molecule has 1 fully saturated rings. The van der Waals surface area contributed by atoms with E-state index in [0.29, 0.717) is 25.5 Å². The molecule has 0 bridgehead atoms. The molecule has 4 N–H and O–H groups in total. The Hall–Kier alpha value is -1.42. The fourth-order valence-corrected chi connectivity index (χ4v) is 3.61. The second kappa shape index (κ2) is 13.1. The molecule has 1 aliphatic rings. The summed E-state index contributed by atoms with van der Waals surface area (Å²) in [4.78, 5) is 19.2. The molecular formula is C22H37FIN5O. The fourth-order valence-electron chi connectivity index (χ4n) is 3.61. The average Bonchev–Trinajstić information content (AvgIpc) is 2.71. The lowest BCUT2D eigenvalue weighted by atomic mass is 9.98. The summed E-state index contributed by atoms with van der Waals surface area (Å²) in [5.74, 6) is -0.394. The number of hydrogen-bond donors (Lipinski definition) is 3. The van der Waals surface area contributed by atoms with Gasteiger partial charge in [0.05, 0.1) is 12.5 Å². The Balaban J connectivity index is 0.00000450. The van der Waals surface area contributed by atoms with Gasteiger partial charge in [-0.15, -0.1) is 24.0 Å². The largest absolute Gasteiger partial charge is 0.369 e. The van der Waals surface area contributed by atoms with E-state index in [4.69, 9.17) is 10.7 Å². The molecule has 1 aliphatic heterocycles. The number of nitrogens with zero attached hydrogens (tertiary/aromatic N) is 2. The summed E-state index contributed by atoms with van der Waals surface area (Å²) in [7, 11) is 0. The predicted molar refractivity (Wildman–Crippen MR) is 132 cm³/mol. The Bertz CT molecular complexity index is 675. The van der Waals surface area contributed by atoms with Crippen LogP contribution in [0.3, 0.4) is 0 Å². The van der Waals surface area contributed by atoms with Crippen LogP contribution in [0.1, 0.15) is 45.6 Å². The van der Waals surface area contributed by atoms with Crippen LogP contribution >= 0.6 is 24.0 Å². The zero-order valence-electron chi connectivity index (χ0n) is 18.4. The molecule has 0 radical (unpaired) electrons. The van der Waals surface area contributed by atoms with Gasteiger partial charge in [-0.05, 0) is 70.8 Å². The van der Waals surface area contributed by atoms with Gasteiger partial charge in [-0.2, -0.15) is 0 Å². The molecule has 0 aromatic heterocycles. The molecular weight excluding hydrogens is 496 g/mol. The van der Waals surface area contributed by atoms with E-state index in [1.54, 1.807) is 12.1 Å². The number of rotatable bonds is 9. The maximum Gasteiger partial charge on any atom is 0.222 e. The lowest BCUT2D eigenvalue weighted by Crippen LogP contribution is -2.50. The highest BCUT2D eigenvalue weighted by Gasteiger charge is 2.27. The van der Waals surface area contributed by atoms with E-state index in [1.807, 2.05) is 6.92 Å². The van der Waals surface area contributed by atoms with Crippen molar-refractivity contribution in [3.63, 3.8) is 0 Å². The van der Waals surface area contributed by atoms with Crippen LogP contribution in [0.4, 0.5) is 4.39 Å². The molecule has 170 valence electrons. The van der Waals surface area contributed by atoms with E-state index < -0.39 is 5.92 Å². The first-order chi connectivity index (χ1) is 13.8. The molecule has 1 aromatic rings. The monoisotopic (exact) mass is 533 g/mol. The normalized spacial score (nSPS) is 16.5. The summed E-state index contributed by atoms with van der Waals surface area (Å²) in [6, 6.07) is 6.17. The molecule has 0 saturated carbocycles. The standard InChI is InChI=1S/C22H36FN5O.HI/c1-4-25-21(27-16-22(2,3)28-12-6-5-7-13-28)26-15-18(20(24)29)14-17-8-10-19(23)11-9-17;/h8-11,18H,4-7,12-16H2,1-3H3,(H2,24,29)(H2,25,26,27);1H. The maximum atomic E-state index is 13.1. The zero-order chi connectivity index (χ0) is 21.3. The van der Waals surface area contributed by atoms with E-state index in [9.17, 15) is 9.18 Å². The number of likely N-dealkylation sites (tertiary alicyclic amines) is 1. The van der Waals surface area contributed by atoms with Gasteiger partial charge >= 0.3 is 0 Å². The van der Waals surface area contributed by atoms with Crippen LogP contribution in [0, 0.1) is 11.7 Å². The van der Waals surface area contributed by atoms with Crippen molar-refractivity contribution in [3.05, 3.63) is 35.6 Å². The van der Waals surface area contributed by atoms with Gasteiger partial charge in [-0.3, -0.25) is 14.7 Å². The lowest BCUT2D eigenvalue weighted by molar-refractivity contribution is -0.121. The number of nitrogens with two attached hydrogens (primary N) is 1. The number of nitrogens with one attached hydrogen (secondary N) is 2. The third kappa shape index (κ3) is 8.75. The predicted octanol–water partition coefficient (Wildman–Crippen LogP) is 2.91. The summed E-state index contributed by atoms with van der Waals surface area (Å²) < 4.78 is 13.1. The van der Waals surface area contributed by atoms with Gasteiger partial charge in [0, 0.05) is 18.6 Å². The molecule has 1 amide bonds. The topological polar surface area (TPSA) is 82.8 Å². The fraction of sp³-hybridized carbons (Fsp3) is 0.636. The van der Waals surface area contributed by atoms with Gasteiger partial charge in [0.15, 0.2) is 5.96 Å². The minimum atomic E-state index is -0.403. The Morgan fingerprint density at radius 1 is 1.20 bits per heavy atom. The molecule has 8 heteroatoms. The summed E-state index contributed by atoms with van der Waals surface area (Å²) in [5, 5.41) is 6.50. The Labute approximate surface area is 197 Å². The van der Waals surface area contributed by atoms with Crippen molar-refractivity contribution in [2.75, 3.05) is 32.7 Å². The molecule has 1 heterocycles. The summed E-state index contributed by atoms with van der Waals surface area (Å²) in [6.07, 6.45) is 4.26. The highest BCUT2D eigenvalue weighted by Crippen LogP contribution is 2.20. The van der Waals surface area contributed by atoms with Gasteiger partial charge in [-0.1, -0.05) is 18.6 Å². The number of benzene rings is 1. The number of piperidine rings is 1. The highest BCUT2D eigenvalue weighted by atomic mass is 127. The minimum absolute atomic E-state index is 0. The number of aliphatic imine (C=N–C) groups is 1. The molecule has 1 atom stereocenters. The van der Waals surface area contributed by atoms with Crippen molar-refractivity contribution in [2.45, 2.75) is 52.0 Å². The second-order valence-corrected chi connectivity index (χ2v) is 8.37. The summed E-state index contributed by atoms with van der Waals surface area (Å²) in [5.41, 5.74) is 6.46. The van der Waals surface area contributed by atoms with Crippen LogP contribution in [0.25, 0.3) is 0 Å². The van der Waals surface area contributed by atoms with E-state index in [2.05, 4.69) is 29.4 Å². The first-order valence-corrected chi connectivity index (χ1v) is 10.6. The quantitative estimate of drug-likeness (QED) is 0.259. The zero-order valence-corrected chi connectivity index (χ0v) is 20.7. The molecule has 1 aromatic carbocycles. The molecule has 1 saturated heterocycles. The third-order valence-electron chi connectivity index (χ3n) is 5.49. The number of halogens is 2. The third-order valence-corrected chi connectivity index (χ3v) is 5.49. The van der Waals surface area contributed by atoms with Gasteiger partial charge in [0.1, 0.15) is 5.82 Å². The van der Waals surface area contributed by atoms with Crippen molar-refractivity contribution in [2.24, 2.45) is 16.6 Å². The Morgan fingerprint density at radius 2 is 1.83 bits per heavy atom. The van der Waals surface area contributed by atoms with Gasteiger partial charge in [0.2, 0.25) is 5.91 Å². The van der Waals surface area contributed by atoms with Crippen molar-refractivity contribution in [1.82, 2.24) is 15.5 Å². The van der Waals surface area contributed by atoms with Crippen molar-refractivity contribution >= 4 is 35.8 Å². The maximum absolute atomic E-state index is 13.1. The molecule has 2 rings (SSSR count). The average molecular weight is 533 g/mol. The number of carbonyl (C=O) groups is 1. The number of carbonyl (C=O) groups excluding carboxylic acids is 1. The highest BCUT2D eigenvalue weighted by molar-refractivity contribution is 14.0. The summed E-state index contributed by atoms with van der Waals surface area (Å²) >= 11 is 0. The van der Waals surface area contributed by atoms with E-state index >= 15 is 0 Å². The van der Waals surface area contributed by atoms with E-state index in [0.717, 1.165) is 25.2 Å². The lowest BCUT2D eigenvalue weighted by Gasteiger charge is -2.40. The van der Waals surface area contributed by atoms with Crippen LogP contribution < -0.4 is 16.4 Å². The second-order valence-electron chi connectivity index (χ2n) is 8.37. The number of hydrogen-bond acceptors (Lipinski definition) is 3. The van der Waals surface area contributed by atoms with Crippen LogP contribution in [0.2, 0.25) is 0 Å². The molecule has 30 heavy (non-hydrogen) atoms. The Morgan fingerprint density at radius 3 is 2.40 bits per heavy atom. The van der Waals surface area contributed by atoms with Crippen LogP contribution in [0.5, 0.6) is 0 Å². The van der Waals surface area contributed by atoms with Gasteiger partial charge in [-0.25, -0.2) is 4.39 Å². The number of amides is 1. The van der Waals surface area contributed by atoms with E-state index in [1.165, 1.54) is 31.4 Å². The van der Waals surface area contributed by atoms with Gasteiger partial charge in [0.25, 0.3) is 0 Å². The first kappa shape index (κ1) is 26.6. The molecule has 6 nitrogen and oxygen atoms in total. The first-order valence-electron chi connectivity index (χ1n) is 10.6.